The fourth-order valence-electron chi connectivity index (χ4n) is 2.39. The summed E-state index contributed by atoms with van der Waals surface area (Å²) in [5.41, 5.74) is 0. The van der Waals surface area contributed by atoms with Crippen LogP contribution in [0.1, 0.15) is 26.2 Å². The fourth-order valence-corrected chi connectivity index (χ4v) is 2.39. The quantitative estimate of drug-likeness (QED) is 0.585. The van der Waals surface area contributed by atoms with Crippen LogP contribution in [-0.4, -0.2) is 74.6 Å². The molecular weight excluding hydrogens is 260 g/mol. The standard InChI is InChI=1S/C14H28N2O4/c1-12(14(18)15-6-3-10-19-2)16-7-4-13(5-8-16)20-11-9-17/h12-13,17H,3-11H2,1-2H3,(H,15,18). The van der Waals surface area contributed by atoms with Gasteiger partial charge in [0.15, 0.2) is 0 Å². The van der Waals surface area contributed by atoms with E-state index in [0.717, 1.165) is 32.4 Å². The normalized spacial score (nSPS) is 18.9. The van der Waals surface area contributed by atoms with Crippen LogP contribution in [0, 0.1) is 0 Å². The molecule has 1 aliphatic heterocycles. The van der Waals surface area contributed by atoms with E-state index in [-0.39, 0.29) is 24.7 Å². The summed E-state index contributed by atoms with van der Waals surface area (Å²) in [6.07, 6.45) is 2.89. The van der Waals surface area contributed by atoms with Gasteiger partial charge < -0.3 is 19.9 Å². The molecule has 0 aliphatic carbocycles. The van der Waals surface area contributed by atoms with E-state index in [0.29, 0.717) is 19.8 Å². The summed E-state index contributed by atoms with van der Waals surface area (Å²) < 4.78 is 10.5. The Morgan fingerprint density at radius 3 is 2.70 bits per heavy atom. The average Bonchev–Trinajstić information content (AvgIpc) is 2.49. The van der Waals surface area contributed by atoms with E-state index >= 15 is 0 Å². The number of aliphatic hydroxyl groups is 1. The molecule has 0 aromatic rings. The Kier molecular flexibility index (Phi) is 8.77. The summed E-state index contributed by atoms with van der Waals surface area (Å²) in [7, 11) is 1.66. The number of nitrogens with zero attached hydrogens (tertiary/aromatic N) is 1. The first-order valence-corrected chi connectivity index (χ1v) is 7.42. The molecule has 1 heterocycles. The lowest BCUT2D eigenvalue weighted by Gasteiger charge is -2.35. The van der Waals surface area contributed by atoms with Crippen LogP contribution in [0.2, 0.25) is 0 Å². The van der Waals surface area contributed by atoms with Gasteiger partial charge in [0.05, 0.1) is 25.4 Å². The molecule has 1 fully saturated rings. The molecule has 1 aliphatic rings. The first-order valence-electron chi connectivity index (χ1n) is 7.42. The van der Waals surface area contributed by atoms with Crippen molar-refractivity contribution >= 4 is 5.91 Å². The average molecular weight is 288 g/mol. The fraction of sp³-hybridized carbons (Fsp3) is 0.929. The molecule has 118 valence electrons. The summed E-state index contributed by atoms with van der Waals surface area (Å²) in [5.74, 6) is 0.0795. The zero-order chi connectivity index (χ0) is 14.8. The van der Waals surface area contributed by atoms with Crippen LogP contribution in [0.3, 0.4) is 0 Å². The van der Waals surface area contributed by atoms with Crippen molar-refractivity contribution in [3.05, 3.63) is 0 Å². The Hall–Kier alpha value is -0.690. The van der Waals surface area contributed by atoms with Gasteiger partial charge in [-0.15, -0.1) is 0 Å². The molecule has 0 saturated carbocycles. The first-order chi connectivity index (χ1) is 9.69. The molecular formula is C14H28N2O4. The van der Waals surface area contributed by atoms with Gasteiger partial charge in [-0.1, -0.05) is 0 Å². The number of rotatable bonds is 9. The molecule has 20 heavy (non-hydrogen) atoms. The van der Waals surface area contributed by atoms with Crippen molar-refractivity contribution < 1.29 is 19.4 Å². The maximum absolute atomic E-state index is 12.0. The lowest BCUT2D eigenvalue weighted by molar-refractivity contribution is -0.127. The van der Waals surface area contributed by atoms with Gasteiger partial charge in [0, 0.05) is 33.4 Å². The monoisotopic (exact) mass is 288 g/mol. The number of piperidine rings is 1. The van der Waals surface area contributed by atoms with Gasteiger partial charge in [0.1, 0.15) is 0 Å². The van der Waals surface area contributed by atoms with Crippen molar-refractivity contribution in [1.82, 2.24) is 10.2 Å². The molecule has 1 saturated heterocycles. The Balaban J connectivity index is 2.20. The van der Waals surface area contributed by atoms with Gasteiger partial charge in [-0.05, 0) is 26.2 Å². The van der Waals surface area contributed by atoms with Crippen molar-refractivity contribution in [2.75, 3.05) is 46.6 Å². The van der Waals surface area contributed by atoms with E-state index in [1.807, 2.05) is 6.92 Å². The molecule has 0 bridgehead atoms. The second kappa shape index (κ2) is 10.1. The smallest absolute Gasteiger partial charge is 0.237 e. The van der Waals surface area contributed by atoms with E-state index in [1.165, 1.54) is 0 Å². The number of ether oxygens (including phenoxy) is 2. The van der Waals surface area contributed by atoms with Gasteiger partial charge in [-0.25, -0.2) is 0 Å². The number of aliphatic hydroxyl groups excluding tert-OH is 1. The van der Waals surface area contributed by atoms with Crippen LogP contribution < -0.4 is 5.32 Å². The second-order valence-corrected chi connectivity index (χ2v) is 5.14. The Morgan fingerprint density at radius 1 is 1.40 bits per heavy atom. The third-order valence-electron chi connectivity index (χ3n) is 3.67. The summed E-state index contributed by atoms with van der Waals surface area (Å²) >= 11 is 0. The summed E-state index contributed by atoms with van der Waals surface area (Å²) in [6.45, 7) is 5.47. The number of amides is 1. The molecule has 1 amide bonds. The number of likely N-dealkylation sites (tertiary alicyclic amines) is 1. The molecule has 0 aromatic heterocycles. The number of carbonyl (C=O) groups is 1. The van der Waals surface area contributed by atoms with Gasteiger partial charge in [0.2, 0.25) is 5.91 Å². The van der Waals surface area contributed by atoms with Gasteiger partial charge in [-0.2, -0.15) is 0 Å². The van der Waals surface area contributed by atoms with Crippen LogP contribution in [-0.2, 0) is 14.3 Å². The van der Waals surface area contributed by atoms with Crippen LogP contribution in [0.4, 0.5) is 0 Å². The van der Waals surface area contributed by atoms with Gasteiger partial charge in [0.25, 0.3) is 0 Å². The van der Waals surface area contributed by atoms with E-state index in [1.54, 1.807) is 7.11 Å². The zero-order valence-electron chi connectivity index (χ0n) is 12.6. The summed E-state index contributed by atoms with van der Waals surface area (Å²) in [6, 6.07) is -0.101. The second-order valence-electron chi connectivity index (χ2n) is 5.14. The highest BCUT2D eigenvalue weighted by Gasteiger charge is 2.26. The summed E-state index contributed by atoms with van der Waals surface area (Å²) in [5, 5.41) is 11.7. The van der Waals surface area contributed by atoms with Crippen molar-refractivity contribution in [2.24, 2.45) is 0 Å². The van der Waals surface area contributed by atoms with Crippen LogP contribution in [0.5, 0.6) is 0 Å². The molecule has 2 N–H and O–H groups in total. The lowest BCUT2D eigenvalue weighted by Crippen LogP contribution is -2.49. The lowest BCUT2D eigenvalue weighted by atomic mass is 10.1. The largest absolute Gasteiger partial charge is 0.394 e. The van der Waals surface area contributed by atoms with Crippen molar-refractivity contribution in [1.29, 1.82) is 0 Å². The van der Waals surface area contributed by atoms with Gasteiger partial charge in [-0.3, -0.25) is 9.69 Å². The molecule has 0 aromatic carbocycles. The third-order valence-corrected chi connectivity index (χ3v) is 3.67. The molecule has 1 unspecified atom stereocenters. The number of hydrogen-bond acceptors (Lipinski definition) is 5. The summed E-state index contributed by atoms with van der Waals surface area (Å²) in [4.78, 5) is 14.2. The Labute approximate surface area is 121 Å². The highest BCUT2D eigenvalue weighted by atomic mass is 16.5. The maximum Gasteiger partial charge on any atom is 0.237 e. The van der Waals surface area contributed by atoms with Gasteiger partial charge >= 0.3 is 0 Å². The van der Waals surface area contributed by atoms with E-state index in [9.17, 15) is 4.79 Å². The third kappa shape index (κ3) is 6.17. The molecule has 6 heteroatoms. The molecule has 1 atom stereocenters. The SMILES string of the molecule is COCCCNC(=O)C(C)N1CCC(OCCO)CC1. The van der Waals surface area contributed by atoms with Crippen LogP contribution >= 0.6 is 0 Å². The minimum Gasteiger partial charge on any atom is -0.394 e. The van der Waals surface area contributed by atoms with E-state index in [2.05, 4.69) is 10.2 Å². The highest BCUT2D eigenvalue weighted by molar-refractivity contribution is 5.81. The van der Waals surface area contributed by atoms with E-state index in [4.69, 9.17) is 14.6 Å². The van der Waals surface area contributed by atoms with Crippen molar-refractivity contribution in [3.8, 4) is 0 Å². The topological polar surface area (TPSA) is 71.0 Å². The zero-order valence-corrected chi connectivity index (χ0v) is 12.6. The van der Waals surface area contributed by atoms with Crippen molar-refractivity contribution in [2.45, 2.75) is 38.3 Å². The van der Waals surface area contributed by atoms with Crippen LogP contribution in [0.15, 0.2) is 0 Å². The molecule has 0 spiro atoms. The molecule has 0 radical (unpaired) electrons. The predicted molar refractivity (Wildman–Crippen MR) is 76.6 cm³/mol. The number of hydrogen-bond donors (Lipinski definition) is 2. The number of methoxy groups -OCH3 is 1. The number of carbonyl (C=O) groups excluding carboxylic acids is 1. The van der Waals surface area contributed by atoms with E-state index < -0.39 is 0 Å². The minimum absolute atomic E-state index is 0.0699. The first kappa shape index (κ1) is 17.4. The predicted octanol–water partition coefficient (Wildman–Crippen LogP) is 0.000900. The molecule has 1 rings (SSSR count). The minimum atomic E-state index is -0.101. The molecule has 6 nitrogen and oxygen atoms in total. The number of nitrogens with one attached hydrogen (secondary N) is 1. The Morgan fingerprint density at radius 2 is 2.10 bits per heavy atom. The highest BCUT2D eigenvalue weighted by Crippen LogP contribution is 2.15. The van der Waals surface area contributed by atoms with Crippen molar-refractivity contribution in [3.63, 3.8) is 0 Å². The maximum atomic E-state index is 12.0. The van der Waals surface area contributed by atoms with Crippen LogP contribution in [0.25, 0.3) is 0 Å². The Bertz CT molecular complexity index is 268.